The lowest BCUT2D eigenvalue weighted by Crippen LogP contribution is -2.12. The van der Waals surface area contributed by atoms with Crippen molar-refractivity contribution in [2.75, 3.05) is 0 Å². The third-order valence-electron chi connectivity index (χ3n) is 3.55. The Labute approximate surface area is 115 Å². The van der Waals surface area contributed by atoms with E-state index in [9.17, 15) is 4.79 Å². The van der Waals surface area contributed by atoms with Crippen molar-refractivity contribution in [3.8, 4) is 0 Å². The van der Waals surface area contributed by atoms with Crippen molar-refractivity contribution in [1.82, 2.24) is 0 Å². The molecule has 0 saturated carbocycles. The summed E-state index contributed by atoms with van der Waals surface area (Å²) in [7, 11) is 0. The summed E-state index contributed by atoms with van der Waals surface area (Å²) in [6.07, 6.45) is 1.79. The van der Waals surface area contributed by atoms with E-state index < -0.39 is 0 Å². The first-order valence-corrected chi connectivity index (χ1v) is 6.94. The minimum absolute atomic E-state index is 0.0340. The second-order valence-corrected chi connectivity index (χ2v) is 4.79. The number of hydrogen-bond acceptors (Lipinski definition) is 1. The maximum atomic E-state index is 12.6. The van der Waals surface area contributed by atoms with Gasteiger partial charge in [0.2, 0.25) is 0 Å². The topological polar surface area (TPSA) is 17.1 Å². The zero-order valence-electron chi connectivity index (χ0n) is 11.6. The molecular weight excluding hydrogens is 232 g/mol. The summed E-state index contributed by atoms with van der Waals surface area (Å²) in [4.78, 5) is 12.6. The Hall–Kier alpha value is -1.89. The van der Waals surface area contributed by atoms with Crippen LogP contribution in [-0.4, -0.2) is 5.78 Å². The molecule has 19 heavy (non-hydrogen) atoms. The smallest absolute Gasteiger partial charge is 0.170 e. The second-order valence-electron chi connectivity index (χ2n) is 4.79. The number of carbonyl (C=O) groups excluding carboxylic acids is 1. The number of rotatable bonds is 5. The molecule has 1 atom stereocenters. The molecule has 1 unspecified atom stereocenters. The summed E-state index contributed by atoms with van der Waals surface area (Å²) >= 11 is 0. The number of carbonyl (C=O) groups is 1. The highest BCUT2D eigenvalue weighted by Crippen LogP contribution is 2.24. The lowest BCUT2D eigenvalue weighted by atomic mass is 9.88. The van der Waals surface area contributed by atoms with Crippen LogP contribution in [0.3, 0.4) is 0 Å². The van der Waals surface area contributed by atoms with Gasteiger partial charge in [0.15, 0.2) is 5.78 Å². The highest BCUT2D eigenvalue weighted by Gasteiger charge is 2.19. The zero-order valence-corrected chi connectivity index (χ0v) is 11.6. The van der Waals surface area contributed by atoms with Gasteiger partial charge >= 0.3 is 0 Å². The van der Waals surface area contributed by atoms with Crippen molar-refractivity contribution < 1.29 is 4.79 Å². The van der Waals surface area contributed by atoms with Crippen LogP contribution in [0.4, 0.5) is 0 Å². The lowest BCUT2D eigenvalue weighted by molar-refractivity contribution is 0.0957. The van der Waals surface area contributed by atoms with Crippen LogP contribution in [0, 0.1) is 0 Å². The van der Waals surface area contributed by atoms with Gasteiger partial charge in [-0.2, -0.15) is 0 Å². The predicted octanol–water partition coefficient (Wildman–Crippen LogP) is 4.63. The van der Waals surface area contributed by atoms with Gasteiger partial charge in [-0.05, 0) is 30.0 Å². The molecule has 0 aliphatic carbocycles. The quantitative estimate of drug-likeness (QED) is 0.709. The van der Waals surface area contributed by atoms with Gasteiger partial charge in [0.05, 0.1) is 0 Å². The molecule has 0 aliphatic heterocycles. The molecule has 0 saturated heterocycles. The van der Waals surface area contributed by atoms with E-state index in [1.165, 1.54) is 5.56 Å². The average Bonchev–Trinajstić information content (AvgIpc) is 2.49. The molecule has 0 amide bonds. The summed E-state index contributed by atoms with van der Waals surface area (Å²) in [6.45, 7) is 4.18. The van der Waals surface area contributed by atoms with Crippen LogP contribution in [0.25, 0.3) is 0 Å². The first kappa shape index (κ1) is 13.5. The molecule has 0 aromatic heterocycles. The van der Waals surface area contributed by atoms with Crippen molar-refractivity contribution in [3.63, 3.8) is 0 Å². The molecule has 0 fully saturated rings. The monoisotopic (exact) mass is 252 g/mol. The number of hydrogen-bond donors (Lipinski definition) is 0. The summed E-state index contributed by atoms with van der Waals surface area (Å²) in [6, 6.07) is 18.0. The van der Waals surface area contributed by atoms with E-state index in [2.05, 4.69) is 19.9 Å². The van der Waals surface area contributed by atoms with Gasteiger partial charge in [0, 0.05) is 11.5 Å². The molecule has 0 radical (unpaired) electrons. The lowest BCUT2D eigenvalue weighted by Gasteiger charge is -2.14. The van der Waals surface area contributed by atoms with Gasteiger partial charge in [0.25, 0.3) is 0 Å². The molecule has 2 aromatic carbocycles. The van der Waals surface area contributed by atoms with E-state index >= 15 is 0 Å². The van der Waals surface area contributed by atoms with Crippen LogP contribution in [-0.2, 0) is 6.42 Å². The number of Topliss-reactive ketones (excluding diaryl/α,β-unsaturated/α-hetero) is 1. The predicted molar refractivity (Wildman–Crippen MR) is 79.6 cm³/mol. The largest absolute Gasteiger partial charge is 0.293 e. The molecule has 0 bridgehead atoms. The summed E-state index contributed by atoms with van der Waals surface area (Å²) < 4.78 is 0. The highest BCUT2D eigenvalue weighted by molar-refractivity contribution is 6.01. The Morgan fingerprint density at radius 1 is 1.00 bits per heavy atom. The molecule has 98 valence electrons. The Balaban J connectivity index is 2.30. The fourth-order valence-corrected chi connectivity index (χ4v) is 2.40. The third kappa shape index (κ3) is 3.11. The highest BCUT2D eigenvalue weighted by atomic mass is 16.1. The normalized spacial score (nSPS) is 12.1. The van der Waals surface area contributed by atoms with Crippen molar-refractivity contribution >= 4 is 5.78 Å². The van der Waals surface area contributed by atoms with Crippen LogP contribution in [0.15, 0.2) is 54.6 Å². The maximum absolute atomic E-state index is 12.6. The molecule has 2 aromatic rings. The van der Waals surface area contributed by atoms with Gasteiger partial charge < -0.3 is 0 Å². The first-order valence-electron chi connectivity index (χ1n) is 6.94. The van der Waals surface area contributed by atoms with E-state index in [0.29, 0.717) is 0 Å². The van der Waals surface area contributed by atoms with E-state index in [1.807, 2.05) is 48.5 Å². The van der Waals surface area contributed by atoms with Crippen LogP contribution in [0.2, 0.25) is 0 Å². The van der Waals surface area contributed by atoms with Gasteiger partial charge in [-0.15, -0.1) is 0 Å². The van der Waals surface area contributed by atoms with Gasteiger partial charge in [-0.1, -0.05) is 62.4 Å². The average molecular weight is 252 g/mol. The number of benzene rings is 2. The molecule has 1 heteroatoms. The van der Waals surface area contributed by atoms with Crippen LogP contribution < -0.4 is 0 Å². The van der Waals surface area contributed by atoms with E-state index in [-0.39, 0.29) is 11.7 Å². The fourth-order valence-electron chi connectivity index (χ4n) is 2.40. The van der Waals surface area contributed by atoms with E-state index in [0.717, 1.165) is 24.0 Å². The fraction of sp³-hybridized carbons (Fsp3) is 0.278. The Morgan fingerprint density at radius 3 is 2.37 bits per heavy atom. The van der Waals surface area contributed by atoms with Crippen LogP contribution >= 0.6 is 0 Å². The van der Waals surface area contributed by atoms with Gasteiger partial charge in [-0.3, -0.25) is 4.79 Å². The zero-order chi connectivity index (χ0) is 13.7. The molecule has 1 nitrogen and oxygen atoms in total. The summed E-state index contributed by atoms with van der Waals surface area (Å²) in [5.74, 6) is 0.192. The standard InChI is InChI=1S/C18H20O/c1-3-14-9-8-12-16(13-14)18(19)17(4-2)15-10-6-5-7-11-15/h5-13,17H,3-4H2,1-2H3. The van der Waals surface area contributed by atoms with E-state index in [4.69, 9.17) is 0 Å². The molecular formula is C18H20O. The summed E-state index contributed by atoms with van der Waals surface area (Å²) in [5.41, 5.74) is 3.15. The minimum Gasteiger partial charge on any atom is -0.293 e. The van der Waals surface area contributed by atoms with Crippen LogP contribution in [0.1, 0.15) is 47.7 Å². The number of aryl methyl sites for hydroxylation is 1. The molecule has 0 aliphatic rings. The second kappa shape index (κ2) is 6.33. The van der Waals surface area contributed by atoms with Crippen molar-refractivity contribution in [3.05, 3.63) is 71.3 Å². The summed E-state index contributed by atoms with van der Waals surface area (Å²) in [5, 5.41) is 0. The maximum Gasteiger partial charge on any atom is 0.170 e. The van der Waals surface area contributed by atoms with Crippen molar-refractivity contribution in [2.24, 2.45) is 0 Å². The van der Waals surface area contributed by atoms with Crippen molar-refractivity contribution in [2.45, 2.75) is 32.6 Å². The Morgan fingerprint density at radius 2 is 1.74 bits per heavy atom. The number of ketones is 1. The molecule has 0 spiro atoms. The Kier molecular flexibility index (Phi) is 4.51. The first-order chi connectivity index (χ1) is 9.26. The molecule has 2 rings (SSSR count). The van der Waals surface area contributed by atoms with E-state index in [1.54, 1.807) is 0 Å². The van der Waals surface area contributed by atoms with Gasteiger partial charge in [0.1, 0.15) is 0 Å². The SMILES string of the molecule is CCc1cccc(C(=O)C(CC)c2ccccc2)c1. The molecule has 0 heterocycles. The van der Waals surface area contributed by atoms with Gasteiger partial charge in [-0.25, -0.2) is 0 Å². The third-order valence-corrected chi connectivity index (χ3v) is 3.55. The minimum atomic E-state index is -0.0340. The Bertz CT molecular complexity index is 543. The molecule has 0 N–H and O–H groups in total. The van der Waals surface area contributed by atoms with Crippen LogP contribution in [0.5, 0.6) is 0 Å². The van der Waals surface area contributed by atoms with Crippen molar-refractivity contribution in [1.29, 1.82) is 0 Å².